The largest absolute Gasteiger partial charge is 0.330 e. The van der Waals surface area contributed by atoms with Crippen molar-refractivity contribution in [2.45, 2.75) is 19.9 Å². The first-order valence-corrected chi connectivity index (χ1v) is 5.60. The fourth-order valence-electron chi connectivity index (χ4n) is 1.71. The lowest BCUT2D eigenvalue weighted by Crippen LogP contribution is -2.30. The van der Waals surface area contributed by atoms with Crippen LogP contribution in [0.4, 0.5) is 0 Å². The van der Waals surface area contributed by atoms with Crippen LogP contribution in [0.15, 0.2) is 30.3 Å². The van der Waals surface area contributed by atoms with E-state index in [-0.39, 0.29) is 0 Å². The summed E-state index contributed by atoms with van der Waals surface area (Å²) in [7, 11) is 2.16. The highest BCUT2D eigenvalue weighted by Gasteiger charge is 2.12. The van der Waals surface area contributed by atoms with Gasteiger partial charge >= 0.3 is 0 Å². The van der Waals surface area contributed by atoms with E-state index in [2.05, 4.69) is 56.1 Å². The third-order valence-electron chi connectivity index (χ3n) is 2.95. The summed E-state index contributed by atoms with van der Waals surface area (Å²) in [5.74, 6) is 0.557. The minimum atomic E-state index is 0.459. The third kappa shape index (κ3) is 3.65. The van der Waals surface area contributed by atoms with Crippen LogP contribution in [0.5, 0.6) is 0 Å². The Bertz CT molecular complexity index is 271. The van der Waals surface area contributed by atoms with Crippen molar-refractivity contribution >= 4 is 0 Å². The van der Waals surface area contributed by atoms with Crippen molar-refractivity contribution in [1.29, 1.82) is 0 Å². The smallest absolute Gasteiger partial charge is 0.0316 e. The van der Waals surface area contributed by atoms with E-state index in [1.165, 1.54) is 5.56 Å². The molecule has 2 atom stereocenters. The molecule has 0 heterocycles. The lowest BCUT2D eigenvalue weighted by atomic mass is 10.1. The molecule has 0 fully saturated rings. The summed E-state index contributed by atoms with van der Waals surface area (Å²) in [5.41, 5.74) is 7.00. The molecule has 1 rings (SSSR count). The molecule has 84 valence electrons. The Morgan fingerprint density at radius 1 is 1.20 bits per heavy atom. The van der Waals surface area contributed by atoms with Crippen LogP contribution in [0, 0.1) is 5.92 Å². The van der Waals surface area contributed by atoms with Gasteiger partial charge in [-0.2, -0.15) is 0 Å². The molecule has 0 aliphatic carbocycles. The molecule has 1 aromatic rings. The fraction of sp³-hybridized carbons (Fsp3) is 0.538. The zero-order valence-electron chi connectivity index (χ0n) is 9.98. The third-order valence-corrected chi connectivity index (χ3v) is 2.95. The maximum absolute atomic E-state index is 5.63. The van der Waals surface area contributed by atoms with Gasteiger partial charge in [-0.05, 0) is 32.0 Å². The van der Waals surface area contributed by atoms with Crippen LogP contribution in [0.2, 0.25) is 0 Å². The van der Waals surface area contributed by atoms with Gasteiger partial charge in [0, 0.05) is 12.6 Å². The van der Waals surface area contributed by atoms with Crippen molar-refractivity contribution in [3.05, 3.63) is 35.9 Å². The monoisotopic (exact) mass is 206 g/mol. The Balaban J connectivity index is 2.57. The molecule has 0 radical (unpaired) electrons. The van der Waals surface area contributed by atoms with Gasteiger partial charge in [0.05, 0.1) is 0 Å². The Labute approximate surface area is 93.1 Å². The van der Waals surface area contributed by atoms with E-state index in [1.54, 1.807) is 0 Å². The molecule has 2 N–H and O–H groups in total. The maximum Gasteiger partial charge on any atom is 0.0316 e. The van der Waals surface area contributed by atoms with Crippen LogP contribution in [-0.4, -0.2) is 25.0 Å². The highest BCUT2D eigenvalue weighted by atomic mass is 15.1. The van der Waals surface area contributed by atoms with Crippen molar-refractivity contribution < 1.29 is 0 Å². The fourth-order valence-corrected chi connectivity index (χ4v) is 1.71. The van der Waals surface area contributed by atoms with Crippen molar-refractivity contribution in [2.24, 2.45) is 11.7 Å². The number of nitrogens with two attached hydrogens (primary N) is 1. The molecule has 2 nitrogen and oxygen atoms in total. The van der Waals surface area contributed by atoms with Gasteiger partial charge in [-0.15, -0.1) is 0 Å². The molecular formula is C13H22N2. The molecular weight excluding hydrogens is 184 g/mol. The van der Waals surface area contributed by atoms with Crippen LogP contribution in [0.1, 0.15) is 25.5 Å². The number of hydrogen-bond donors (Lipinski definition) is 1. The van der Waals surface area contributed by atoms with Crippen molar-refractivity contribution in [1.82, 2.24) is 4.90 Å². The maximum atomic E-state index is 5.63. The van der Waals surface area contributed by atoms with E-state index >= 15 is 0 Å². The Morgan fingerprint density at radius 2 is 1.80 bits per heavy atom. The van der Waals surface area contributed by atoms with E-state index in [9.17, 15) is 0 Å². The normalized spacial score (nSPS) is 15.3. The lowest BCUT2D eigenvalue weighted by Gasteiger charge is -2.27. The molecule has 2 heteroatoms. The Hall–Kier alpha value is -0.860. The summed E-state index contributed by atoms with van der Waals surface area (Å²) in [4.78, 5) is 2.35. The molecule has 2 unspecified atom stereocenters. The van der Waals surface area contributed by atoms with Gasteiger partial charge in [-0.25, -0.2) is 0 Å². The number of hydrogen-bond acceptors (Lipinski definition) is 2. The first-order valence-electron chi connectivity index (χ1n) is 5.60. The van der Waals surface area contributed by atoms with Crippen molar-refractivity contribution in [2.75, 3.05) is 20.1 Å². The molecule has 1 aromatic carbocycles. The molecule has 0 saturated heterocycles. The van der Waals surface area contributed by atoms with Gasteiger partial charge in [0.2, 0.25) is 0 Å². The van der Waals surface area contributed by atoms with Gasteiger partial charge in [-0.1, -0.05) is 37.3 Å². The highest BCUT2D eigenvalue weighted by Crippen LogP contribution is 2.18. The van der Waals surface area contributed by atoms with Gasteiger partial charge in [0.1, 0.15) is 0 Å². The number of nitrogens with zero attached hydrogens (tertiary/aromatic N) is 1. The first kappa shape index (κ1) is 12.2. The van der Waals surface area contributed by atoms with Gasteiger partial charge in [0.25, 0.3) is 0 Å². The highest BCUT2D eigenvalue weighted by molar-refractivity contribution is 5.18. The zero-order chi connectivity index (χ0) is 11.3. The zero-order valence-corrected chi connectivity index (χ0v) is 9.98. The second-order valence-electron chi connectivity index (χ2n) is 4.37. The summed E-state index contributed by atoms with van der Waals surface area (Å²) in [6, 6.07) is 11.0. The second kappa shape index (κ2) is 5.89. The topological polar surface area (TPSA) is 29.3 Å². The van der Waals surface area contributed by atoms with Gasteiger partial charge < -0.3 is 5.73 Å². The van der Waals surface area contributed by atoms with E-state index in [1.807, 2.05) is 0 Å². The molecule has 0 aromatic heterocycles. The lowest BCUT2D eigenvalue weighted by molar-refractivity contribution is 0.229. The molecule has 15 heavy (non-hydrogen) atoms. The summed E-state index contributed by atoms with van der Waals surface area (Å²) >= 11 is 0. The molecule has 0 spiro atoms. The van der Waals surface area contributed by atoms with Crippen LogP contribution in [-0.2, 0) is 0 Å². The second-order valence-corrected chi connectivity index (χ2v) is 4.37. The van der Waals surface area contributed by atoms with Crippen molar-refractivity contribution in [3.8, 4) is 0 Å². The predicted octanol–water partition coefficient (Wildman–Crippen LogP) is 2.27. The predicted molar refractivity (Wildman–Crippen MR) is 65.7 cm³/mol. The number of benzene rings is 1. The summed E-state index contributed by atoms with van der Waals surface area (Å²) < 4.78 is 0. The first-order chi connectivity index (χ1) is 7.15. The quantitative estimate of drug-likeness (QED) is 0.801. The molecule has 0 aliphatic heterocycles. The minimum Gasteiger partial charge on any atom is -0.330 e. The van der Waals surface area contributed by atoms with Crippen molar-refractivity contribution in [3.63, 3.8) is 0 Å². The molecule has 0 amide bonds. The van der Waals surface area contributed by atoms with Crippen LogP contribution in [0.25, 0.3) is 0 Å². The van der Waals surface area contributed by atoms with Gasteiger partial charge in [-0.3, -0.25) is 4.90 Å². The molecule has 0 bridgehead atoms. The summed E-state index contributed by atoms with van der Waals surface area (Å²) in [6.07, 6.45) is 0. The summed E-state index contributed by atoms with van der Waals surface area (Å²) in [6.45, 7) is 6.23. The minimum absolute atomic E-state index is 0.459. The average Bonchev–Trinajstić information content (AvgIpc) is 2.29. The van der Waals surface area contributed by atoms with E-state index < -0.39 is 0 Å². The van der Waals surface area contributed by atoms with E-state index in [0.717, 1.165) is 13.1 Å². The standard InChI is InChI=1S/C13H22N2/c1-11(9-14)10-15(3)12(2)13-7-5-4-6-8-13/h4-8,11-12H,9-10,14H2,1-3H3. The average molecular weight is 206 g/mol. The van der Waals surface area contributed by atoms with Crippen LogP contribution in [0.3, 0.4) is 0 Å². The van der Waals surface area contributed by atoms with Gasteiger partial charge in [0.15, 0.2) is 0 Å². The molecule has 0 saturated carbocycles. The van der Waals surface area contributed by atoms with E-state index in [4.69, 9.17) is 5.73 Å². The van der Waals surface area contributed by atoms with Crippen LogP contribution >= 0.6 is 0 Å². The Kier molecular flexibility index (Phi) is 4.79. The molecule has 0 aliphatic rings. The number of rotatable bonds is 5. The SMILES string of the molecule is CC(CN)CN(C)C(C)c1ccccc1. The van der Waals surface area contributed by atoms with E-state index in [0.29, 0.717) is 12.0 Å². The summed E-state index contributed by atoms with van der Waals surface area (Å²) in [5, 5.41) is 0. The van der Waals surface area contributed by atoms with Crippen LogP contribution < -0.4 is 5.73 Å². The Morgan fingerprint density at radius 3 is 2.33 bits per heavy atom.